The monoisotopic (exact) mass is 435 g/mol. The van der Waals surface area contributed by atoms with Gasteiger partial charge < -0.3 is 10.1 Å². The molecule has 1 aliphatic heterocycles. The number of fused-ring (bicyclic) bond motifs is 1. The van der Waals surface area contributed by atoms with Crippen LogP contribution in [-0.4, -0.2) is 55.2 Å². The van der Waals surface area contributed by atoms with E-state index in [-0.39, 0.29) is 5.91 Å². The molecule has 1 unspecified atom stereocenters. The van der Waals surface area contributed by atoms with E-state index in [9.17, 15) is 10.1 Å². The zero-order chi connectivity index (χ0) is 20.9. The SMILES string of the molecule is CCC(C)(C)C1CCc2c(sc(NC(=O)CSCCN3CCOCC3)c2C#N)C1. The Labute approximate surface area is 183 Å². The van der Waals surface area contributed by atoms with Crippen molar-refractivity contribution in [1.29, 1.82) is 5.26 Å². The molecule has 1 aromatic heterocycles. The van der Waals surface area contributed by atoms with Gasteiger partial charge in [-0.05, 0) is 36.2 Å². The van der Waals surface area contributed by atoms with E-state index in [1.807, 2.05) is 0 Å². The highest BCUT2D eigenvalue weighted by Gasteiger charge is 2.34. The first kappa shape index (κ1) is 22.6. The van der Waals surface area contributed by atoms with E-state index in [4.69, 9.17) is 4.74 Å². The number of amides is 1. The summed E-state index contributed by atoms with van der Waals surface area (Å²) in [6.07, 6.45) is 4.27. The molecule has 160 valence electrons. The molecule has 7 heteroatoms. The highest BCUT2D eigenvalue weighted by Crippen LogP contribution is 2.45. The van der Waals surface area contributed by atoms with Gasteiger partial charge in [0, 0.05) is 30.3 Å². The van der Waals surface area contributed by atoms with Gasteiger partial charge in [0.2, 0.25) is 5.91 Å². The lowest BCUT2D eigenvalue weighted by Crippen LogP contribution is -2.37. The maximum Gasteiger partial charge on any atom is 0.235 e. The number of carbonyl (C=O) groups excluding carboxylic acids is 1. The molecule has 3 rings (SSSR count). The fourth-order valence-electron chi connectivity index (χ4n) is 4.09. The smallest absolute Gasteiger partial charge is 0.235 e. The molecule has 0 spiro atoms. The Balaban J connectivity index is 1.53. The Hall–Kier alpha value is -1.07. The van der Waals surface area contributed by atoms with Gasteiger partial charge in [0.25, 0.3) is 0 Å². The van der Waals surface area contributed by atoms with Crippen LogP contribution in [0, 0.1) is 22.7 Å². The van der Waals surface area contributed by atoms with E-state index in [2.05, 4.69) is 37.1 Å². The van der Waals surface area contributed by atoms with Gasteiger partial charge in [0.15, 0.2) is 0 Å². The summed E-state index contributed by atoms with van der Waals surface area (Å²) >= 11 is 3.28. The number of thiophene rings is 1. The molecule has 1 amide bonds. The minimum atomic E-state index is -0.00230. The molecular weight excluding hydrogens is 402 g/mol. The Morgan fingerprint density at radius 3 is 2.86 bits per heavy atom. The number of anilines is 1. The van der Waals surface area contributed by atoms with Crippen molar-refractivity contribution in [2.45, 2.75) is 46.5 Å². The normalized spacial score (nSPS) is 20.1. The van der Waals surface area contributed by atoms with Crippen LogP contribution < -0.4 is 5.32 Å². The van der Waals surface area contributed by atoms with Crippen molar-refractivity contribution in [2.75, 3.05) is 49.7 Å². The summed E-state index contributed by atoms with van der Waals surface area (Å²) in [5.74, 6) is 2.01. The number of nitrogens with zero attached hydrogens (tertiary/aromatic N) is 2. The summed E-state index contributed by atoms with van der Waals surface area (Å²) in [5, 5.41) is 13.5. The number of nitriles is 1. The summed E-state index contributed by atoms with van der Waals surface area (Å²) in [5.41, 5.74) is 2.19. The van der Waals surface area contributed by atoms with Crippen LogP contribution >= 0.6 is 23.1 Å². The first-order chi connectivity index (χ1) is 13.9. The standard InChI is InChI=1S/C22H33N3O2S2/c1-4-22(2,3)16-5-6-17-18(14-23)21(29-19(17)13-16)24-20(26)15-28-12-9-25-7-10-27-11-8-25/h16H,4-13,15H2,1-3H3,(H,24,26). The van der Waals surface area contributed by atoms with Crippen molar-refractivity contribution in [3.8, 4) is 6.07 Å². The predicted octanol–water partition coefficient (Wildman–Crippen LogP) is 4.16. The van der Waals surface area contributed by atoms with Gasteiger partial charge in [-0.2, -0.15) is 17.0 Å². The Morgan fingerprint density at radius 2 is 2.17 bits per heavy atom. The largest absolute Gasteiger partial charge is 0.379 e. The van der Waals surface area contributed by atoms with E-state index < -0.39 is 0 Å². The predicted molar refractivity (Wildman–Crippen MR) is 122 cm³/mol. The second-order valence-corrected chi connectivity index (χ2v) is 10.9. The molecule has 1 N–H and O–H groups in total. The van der Waals surface area contributed by atoms with Crippen molar-refractivity contribution in [1.82, 2.24) is 4.90 Å². The van der Waals surface area contributed by atoms with E-state index in [1.54, 1.807) is 23.1 Å². The molecule has 0 aromatic carbocycles. The number of hydrogen-bond acceptors (Lipinski definition) is 6. The molecule has 2 aliphatic rings. The highest BCUT2D eigenvalue weighted by molar-refractivity contribution is 7.99. The lowest BCUT2D eigenvalue weighted by atomic mass is 9.69. The molecule has 0 saturated carbocycles. The number of carbonyl (C=O) groups is 1. The van der Waals surface area contributed by atoms with Crippen LogP contribution in [0.1, 0.15) is 49.6 Å². The third kappa shape index (κ3) is 5.75. The molecule has 1 aliphatic carbocycles. The van der Waals surface area contributed by atoms with E-state index in [0.717, 1.165) is 69.3 Å². The topological polar surface area (TPSA) is 65.4 Å². The van der Waals surface area contributed by atoms with Gasteiger partial charge in [-0.25, -0.2) is 0 Å². The first-order valence-electron chi connectivity index (χ1n) is 10.7. The fourth-order valence-corrected chi connectivity index (χ4v) is 6.18. The summed E-state index contributed by atoms with van der Waals surface area (Å²) in [4.78, 5) is 16.1. The van der Waals surface area contributed by atoms with Gasteiger partial charge >= 0.3 is 0 Å². The third-order valence-electron chi connectivity index (χ3n) is 6.54. The molecule has 5 nitrogen and oxygen atoms in total. The van der Waals surface area contributed by atoms with Crippen LogP contribution in [0.2, 0.25) is 0 Å². The summed E-state index contributed by atoms with van der Waals surface area (Å²) in [6, 6.07) is 2.36. The maximum absolute atomic E-state index is 12.4. The molecule has 1 aromatic rings. The van der Waals surface area contributed by atoms with Crippen molar-refractivity contribution in [3.05, 3.63) is 16.0 Å². The van der Waals surface area contributed by atoms with Crippen molar-refractivity contribution in [2.24, 2.45) is 11.3 Å². The quantitative estimate of drug-likeness (QED) is 0.621. The summed E-state index contributed by atoms with van der Waals surface area (Å²) in [7, 11) is 0. The molecule has 2 heterocycles. The van der Waals surface area contributed by atoms with Gasteiger partial charge in [-0.3, -0.25) is 9.69 Å². The van der Waals surface area contributed by atoms with Crippen LogP contribution in [0.4, 0.5) is 5.00 Å². The minimum absolute atomic E-state index is 0.00230. The molecule has 0 radical (unpaired) electrons. The van der Waals surface area contributed by atoms with Gasteiger partial charge in [-0.15, -0.1) is 11.3 Å². The maximum atomic E-state index is 12.4. The van der Waals surface area contributed by atoms with Crippen molar-refractivity contribution < 1.29 is 9.53 Å². The van der Waals surface area contributed by atoms with Crippen LogP contribution in [0.25, 0.3) is 0 Å². The number of morpholine rings is 1. The molecule has 1 fully saturated rings. The van der Waals surface area contributed by atoms with Crippen LogP contribution in [0.15, 0.2) is 0 Å². The highest BCUT2D eigenvalue weighted by atomic mass is 32.2. The number of thioether (sulfide) groups is 1. The van der Waals surface area contributed by atoms with Crippen molar-refractivity contribution >= 4 is 34.0 Å². The lowest BCUT2D eigenvalue weighted by molar-refractivity contribution is -0.113. The fraction of sp³-hybridized carbons (Fsp3) is 0.727. The second kappa shape index (κ2) is 10.3. The number of hydrogen-bond donors (Lipinski definition) is 1. The Kier molecular flexibility index (Phi) is 8.03. The number of rotatable bonds is 8. The molecule has 1 atom stereocenters. The third-order valence-corrected chi connectivity index (χ3v) is 8.64. The first-order valence-corrected chi connectivity index (χ1v) is 12.6. The Bertz CT molecular complexity index is 748. The minimum Gasteiger partial charge on any atom is -0.379 e. The zero-order valence-electron chi connectivity index (χ0n) is 17.9. The Morgan fingerprint density at radius 1 is 1.41 bits per heavy atom. The van der Waals surface area contributed by atoms with E-state index in [0.29, 0.717) is 22.6 Å². The molecular formula is C22H33N3O2S2. The zero-order valence-corrected chi connectivity index (χ0v) is 19.5. The van der Waals surface area contributed by atoms with Crippen LogP contribution in [0.3, 0.4) is 0 Å². The number of ether oxygens (including phenoxy) is 1. The van der Waals surface area contributed by atoms with Crippen LogP contribution in [0.5, 0.6) is 0 Å². The molecule has 0 bridgehead atoms. The van der Waals surface area contributed by atoms with Gasteiger partial charge in [0.05, 0.1) is 24.5 Å². The average Bonchev–Trinajstić information content (AvgIpc) is 3.08. The molecule has 1 saturated heterocycles. The van der Waals surface area contributed by atoms with E-state index in [1.165, 1.54) is 10.4 Å². The summed E-state index contributed by atoms with van der Waals surface area (Å²) in [6.45, 7) is 11.5. The summed E-state index contributed by atoms with van der Waals surface area (Å²) < 4.78 is 5.36. The van der Waals surface area contributed by atoms with Crippen LogP contribution in [-0.2, 0) is 22.4 Å². The van der Waals surface area contributed by atoms with E-state index >= 15 is 0 Å². The van der Waals surface area contributed by atoms with Crippen molar-refractivity contribution in [3.63, 3.8) is 0 Å². The average molecular weight is 436 g/mol. The van der Waals surface area contributed by atoms with Gasteiger partial charge in [-0.1, -0.05) is 27.2 Å². The van der Waals surface area contributed by atoms with Gasteiger partial charge in [0.1, 0.15) is 11.1 Å². The number of nitrogens with one attached hydrogen (secondary N) is 1. The molecule has 29 heavy (non-hydrogen) atoms. The second-order valence-electron chi connectivity index (χ2n) is 8.66. The lowest BCUT2D eigenvalue weighted by Gasteiger charge is -2.36.